The molecule has 0 bridgehead atoms. The Balaban J connectivity index is 0.00000113. The number of hydrogen-bond acceptors (Lipinski definition) is 0. The normalized spacial score (nSPS) is 24.3. The molecular formula is C22H30Cl2Zr. The third-order valence-electron chi connectivity index (χ3n) is 6.33. The largest absolute Gasteiger partial charge is 1.00 e. The SMILES string of the molecule is C1=CC(C2CCCCC2)=[C]([Zr+2][C]2=C(C3CCCCC3)C=CC2)C1.[Cl-].[Cl-]. The molecule has 0 aromatic rings. The molecular weight excluding hydrogens is 426 g/mol. The number of allylic oxidation sites excluding steroid dienone is 8. The van der Waals surface area contributed by atoms with E-state index < -0.39 is 23.2 Å². The molecule has 2 saturated carbocycles. The van der Waals surface area contributed by atoms with Crippen molar-refractivity contribution >= 4 is 0 Å². The second kappa shape index (κ2) is 10.7. The average Bonchev–Trinajstić information content (AvgIpc) is 3.26. The van der Waals surface area contributed by atoms with E-state index in [2.05, 4.69) is 24.3 Å². The third kappa shape index (κ3) is 5.24. The number of rotatable bonds is 4. The Labute approximate surface area is 178 Å². The van der Waals surface area contributed by atoms with Crippen LogP contribution in [0.5, 0.6) is 0 Å². The van der Waals surface area contributed by atoms with Crippen molar-refractivity contribution in [3.05, 3.63) is 42.0 Å². The van der Waals surface area contributed by atoms with Gasteiger partial charge in [0.25, 0.3) is 0 Å². The molecule has 0 spiro atoms. The first-order chi connectivity index (χ1) is 11.4. The first-order valence-electron chi connectivity index (χ1n) is 9.98. The molecule has 4 aliphatic rings. The van der Waals surface area contributed by atoms with Crippen LogP contribution in [0.15, 0.2) is 42.0 Å². The molecule has 0 amide bonds. The van der Waals surface area contributed by atoms with E-state index in [-0.39, 0.29) is 24.8 Å². The van der Waals surface area contributed by atoms with Crippen molar-refractivity contribution in [3.8, 4) is 0 Å². The zero-order valence-corrected chi connectivity index (χ0v) is 19.2. The van der Waals surface area contributed by atoms with E-state index >= 15 is 0 Å². The van der Waals surface area contributed by atoms with E-state index in [0.717, 1.165) is 11.8 Å². The monoisotopic (exact) mass is 454 g/mol. The third-order valence-corrected chi connectivity index (χ3v) is 10.2. The Kier molecular flexibility index (Phi) is 9.28. The van der Waals surface area contributed by atoms with Crippen LogP contribution in [0, 0.1) is 11.8 Å². The molecule has 0 N–H and O–H groups in total. The fraction of sp³-hybridized carbons (Fsp3) is 0.636. The molecule has 25 heavy (non-hydrogen) atoms. The van der Waals surface area contributed by atoms with Gasteiger partial charge in [0.2, 0.25) is 0 Å². The summed E-state index contributed by atoms with van der Waals surface area (Å²) in [7, 11) is 0. The Hall–Kier alpha value is 0.423. The molecule has 0 aliphatic heterocycles. The van der Waals surface area contributed by atoms with E-state index in [4.69, 9.17) is 0 Å². The number of hydrogen-bond donors (Lipinski definition) is 0. The minimum absolute atomic E-state index is 0. The zero-order valence-electron chi connectivity index (χ0n) is 15.2. The Bertz CT molecular complexity index is 509. The summed E-state index contributed by atoms with van der Waals surface area (Å²) in [4.78, 5) is 0. The first kappa shape index (κ1) is 21.7. The van der Waals surface area contributed by atoms with Gasteiger partial charge >= 0.3 is 154 Å². The van der Waals surface area contributed by atoms with Gasteiger partial charge in [-0.3, -0.25) is 0 Å². The zero-order chi connectivity index (χ0) is 15.5. The molecule has 0 aromatic heterocycles. The summed E-state index contributed by atoms with van der Waals surface area (Å²) < 4.78 is 3.88. The molecule has 3 heteroatoms. The fourth-order valence-electron chi connectivity index (χ4n) is 5.07. The predicted molar refractivity (Wildman–Crippen MR) is 94.7 cm³/mol. The summed E-state index contributed by atoms with van der Waals surface area (Å²) in [6, 6.07) is 0. The van der Waals surface area contributed by atoms with Crippen LogP contribution in [0.3, 0.4) is 0 Å². The summed E-state index contributed by atoms with van der Waals surface area (Å²) in [5, 5.41) is 0. The maximum Gasteiger partial charge on any atom is -1.00 e. The van der Waals surface area contributed by atoms with Crippen molar-refractivity contribution in [2.24, 2.45) is 11.8 Å². The van der Waals surface area contributed by atoms with Gasteiger partial charge in [-0.1, -0.05) is 0 Å². The quantitative estimate of drug-likeness (QED) is 0.583. The summed E-state index contributed by atoms with van der Waals surface area (Å²) >= 11 is -0.514. The Morgan fingerprint density at radius 2 is 1.00 bits per heavy atom. The van der Waals surface area contributed by atoms with Crippen LogP contribution in [-0.2, 0) is 23.2 Å². The van der Waals surface area contributed by atoms with Gasteiger partial charge in [0.05, 0.1) is 0 Å². The van der Waals surface area contributed by atoms with Gasteiger partial charge in [-0.25, -0.2) is 0 Å². The second-order valence-electron chi connectivity index (χ2n) is 7.88. The topological polar surface area (TPSA) is 0 Å². The van der Waals surface area contributed by atoms with Crippen LogP contribution >= 0.6 is 0 Å². The molecule has 136 valence electrons. The van der Waals surface area contributed by atoms with E-state index in [0.29, 0.717) is 0 Å². The molecule has 0 radical (unpaired) electrons. The summed E-state index contributed by atoms with van der Waals surface area (Å²) in [6.07, 6.45) is 27.3. The van der Waals surface area contributed by atoms with Crippen molar-refractivity contribution in [2.75, 3.05) is 0 Å². The number of halogens is 2. The van der Waals surface area contributed by atoms with Crippen molar-refractivity contribution in [1.29, 1.82) is 0 Å². The fourth-order valence-corrected chi connectivity index (χ4v) is 9.16. The van der Waals surface area contributed by atoms with Gasteiger partial charge in [0.15, 0.2) is 0 Å². The van der Waals surface area contributed by atoms with Gasteiger partial charge in [0, 0.05) is 0 Å². The van der Waals surface area contributed by atoms with E-state index in [9.17, 15) is 0 Å². The van der Waals surface area contributed by atoms with Crippen molar-refractivity contribution in [2.45, 2.75) is 77.0 Å². The van der Waals surface area contributed by atoms with Crippen LogP contribution in [0.1, 0.15) is 77.0 Å². The van der Waals surface area contributed by atoms with E-state index in [1.165, 1.54) is 77.0 Å². The summed E-state index contributed by atoms with van der Waals surface area (Å²) in [5.41, 5.74) is 3.64. The van der Waals surface area contributed by atoms with Crippen molar-refractivity contribution < 1.29 is 48.0 Å². The molecule has 4 aliphatic carbocycles. The molecule has 0 aromatic carbocycles. The maximum atomic E-state index is 2.52. The molecule has 4 rings (SSSR count). The maximum absolute atomic E-state index is 2.52. The van der Waals surface area contributed by atoms with Crippen LogP contribution in [-0.4, -0.2) is 0 Å². The van der Waals surface area contributed by atoms with Gasteiger partial charge in [-0.05, 0) is 0 Å². The van der Waals surface area contributed by atoms with Gasteiger partial charge in [-0.15, -0.1) is 0 Å². The van der Waals surface area contributed by atoms with Crippen molar-refractivity contribution in [1.82, 2.24) is 0 Å². The van der Waals surface area contributed by atoms with Crippen LogP contribution in [0.25, 0.3) is 0 Å². The van der Waals surface area contributed by atoms with Crippen LogP contribution in [0.4, 0.5) is 0 Å². The predicted octanol–water partition coefficient (Wildman–Crippen LogP) is 0.666. The second-order valence-corrected chi connectivity index (χ2v) is 11.5. The van der Waals surface area contributed by atoms with Crippen LogP contribution in [0.2, 0.25) is 0 Å². The molecule has 0 saturated heterocycles. The molecule has 0 atom stereocenters. The average molecular weight is 457 g/mol. The van der Waals surface area contributed by atoms with E-state index in [1.54, 1.807) is 0 Å². The molecule has 2 fully saturated rings. The van der Waals surface area contributed by atoms with Gasteiger partial charge in [0.1, 0.15) is 0 Å². The minimum atomic E-state index is -0.514. The van der Waals surface area contributed by atoms with Gasteiger partial charge in [-0.2, -0.15) is 0 Å². The summed E-state index contributed by atoms with van der Waals surface area (Å²) in [6.45, 7) is 0. The van der Waals surface area contributed by atoms with Crippen molar-refractivity contribution in [3.63, 3.8) is 0 Å². The Morgan fingerprint density at radius 3 is 1.40 bits per heavy atom. The molecule has 0 nitrogen and oxygen atoms in total. The molecule has 0 heterocycles. The first-order valence-corrected chi connectivity index (χ1v) is 12.4. The molecule has 0 unspecified atom stereocenters. The van der Waals surface area contributed by atoms with E-state index in [1.807, 2.05) is 17.7 Å². The minimum Gasteiger partial charge on any atom is -1.00 e. The summed E-state index contributed by atoms with van der Waals surface area (Å²) in [5.74, 6) is 1.85. The Morgan fingerprint density at radius 1 is 0.600 bits per heavy atom. The smallest absolute Gasteiger partial charge is 1.00 e. The standard InChI is InChI=1S/2C11H15.2ClH.Zr/c2*1-2-6-10(7-3-1)11-8-4-5-9-11;;;/h2*4,8,10H,1-3,5-7H2;2*1H;/q;;;;+2/p-2. The van der Waals surface area contributed by atoms with Gasteiger partial charge < -0.3 is 24.8 Å². The van der Waals surface area contributed by atoms with Crippen LogP contribution < -0.4 is 24.8 Å².